The SMILES string of the molecule is CN1CCC(NC(=O)CC2CNCCO2)C1=O. The van der Waals surface area contributed by atoms with Gasteiger partial charge in [0, 0.05) is 26.7 Å². The number of hydrogen-bond donors (Lipinski definition) is 2. The molecule has 6 nitrogen and oxygen atoms in total. The normalized spacial score (nSPS) is 29.5. The number of ether oxygens (including phenoxy) is 1. The zero-order valence-corrected chi connectivity index (χ0v) is 10.1. The van der Waals surface area contributed by atoms with E-state index in [1.165, 1.54) is 0 Å². The van der Waals surface area contributed by atoms with E-state index >= 15 is 0 Å². The summed E-state index contributed by atoms with van der Waals surface area (Å²) in [5.74, 6) is -0.103. The van der Waals surface area contributed by atoms with Crippen molar-refractivity contribution in [1.29, 1.82) is 0 Å². The summed E-state index contributed by atoms with van der Waals surface area (Å²) in [5, 5.41) is 5.94. The Kier molecular flexibility index (Phi) is 3.96. The number of nitrogens with zero attached hydrogens (tertiary/aromatic N) is 1. The van der Waals surface area contributed by atoms with Crippen molar-refractivity contribution in [3.63, 3.8) is 0 Å². The summed E-state index contributed by atoms with van der Waals surface area (Å²) >= 11 is 0. The van der Waals surface area contributed by atoms with E-state index in [4.69, 9.17) is 4.74 Å². The fraction of sp³-hybridized carbons (Fsp3) is 0.818. The summed E-state index contributed by atoms with van der Waals surface area (Å²) < 4.78 is 5.44. The molecular weight excluding hydrogens is 222 g/mol. The van der Waals surface area contributed by atoms with Gasteiger partial charge < -0.3 is 20.3 Å². The van der Waals surface area contributed by atoms with Crippen LogP contribution in [-0.4, -0.2) is 62.1 Å². The Morgan fingerprint density at radius 3 is 3.06 bits per heavy atom. The number of amides is 2. The predicted octanol–water partition coefficient (Wildman–Crippen LogP) is -1.29. The molecular formula is C11H19N3O3. The summed E-state index contributed by atoms with van der Waals surface area (Å²) in [6.45, 7) is 2.89. The maximum Gasteiger partial charge on any atom is 0.244 e. The first-order valence-electron chi connectivity index (χ1n) is 6.03. The number of rotatable bonds is 3. The first-order chi connectivity index (χ1) is 8.16. The van der Waals surface area contributed by atoms with Crippen LogP contribution in [0.15, 0.2) is 0 Å². The third-order valence-corrected chi connectivity index (χ3v) is 3.18. The van der Waals surface area contributed by atoms with Crippen LogP contribution in [0.3, 0.4) is 0 Å². The van der Waals surface area contributed by atoms with Gasteiger partial charge in [0.2, 0.25) is 11.8 Å². The minimum Gasteiger partial charge on any atom is -0.375 e. The van der Waals surface area contributed by atoms with Gasteiger partial charge in [-0.1, -0.05) is 0 Å². The summed E-state index contributed by atoms with van der Waals surface area (Å²) in [4.78, 5) is 25.0. The molecule has 0 aliphatic carbocycles. The maximum absolute atomic E-state index is 11.7. The van der Waals surface area contributed by atoms with E-state index in [-0.39, 0.29) is 24.0 Å². The van der Waals surface area contributed by atoms with Crippen molar-refractivity contribution < 1.29 is 14.3 Å². The van der Waals surface area contributed by atoms with Crippen LogP contribution >= 0.6 is 0 Å². The van der Waals surface area contributed by atoms with Crippen LogP contribution in [-0.2, 0) is 14.3 Å². The zero-order chi connectivity index (χ0) is 12.3. The molecule has 2 fully saturated rings. The lowest BCUT2D eigenvalue weighted by Crippen LogP contribution is -2.45. The van der Waals surface area contributed by atoms with E-state index in [1.807, 2.05) is 0 Å². The number of likely N-dealkylation sites (N-methyl/N-ethyl adjacent to an activating group) is 1. The Morgan fingerprint density at radius 1 is 1.65 bits per heavy atom. The summed E-state index contributed by atoms with van der Waals surface area (Å²) in [6.07, 6.45) is 0.948. The molecule has 17 heavy (non-hydrogen) atoms. The summed E-state index contributed by atoms with van der Waals surface area (Å²) in [5.41, 5.74) is 0. The van der Waals surface area contributed by atoms with Gasteiger partial charge in [-0.15, -0.1) is 0 Å². The van der Waals surface area contributed by atoms with Gasteiger partial charge in [-0.25, -0.2) is 0 Å². The third kappa shape index (κ3) is 3.17. The van der Waals surface area contributed by atoms with Gasteiger partial charge in [0.15, 0.2) is 0 Å². The van der Waals surface area contributed by atoms with Crippen LogP contribution in [0.25, 0.3) is 0 Å². The molecule has 2 heterocycles. The Bertz CT molecular complexity index is 302. The number of carbonyl (C=O) groups is 2. The van der Waals surface area contributed by atoms with Crippen molar-refractivity contribution >= 4 is 11.8 Å². The number of hydrogen-bond acceptors (Lipinski definition) is 4. The highest BCUT2D eigenvalue weighted by Crippen LogP contribution is 2.09. The molecule has 2 unspecified atom stereocenters. The number of carbonyl (C=O) groups excluding carboxylic acids is 2. The van der Waals surface area contributed by atoms with Crippen molar-refractivity contribution in [1.82, 2.24) is 15.5 Å². The lowest BCUT2D eigenvalue weighted by molar-refractivity contribution is -0.133. The minimum atomic E-state index is -0.343. The molecule has 2 N–H and O–H groups in total. The van der Waals surface area contributed by atoms with E-state index in [2.05, 4.69) is 10.6 Å². The van der Waals surface area contributed by atoms with Gasteiger partial charge in [0.1, 0.15) is 6.04 Å². The second-order valence-corrected chi connectivity index (χ2v) is 4.57. The molecule has 2 aliphatic rings. The van der Waals surface area contributed by atoms with Crippen LogP contribution in [0.2, 0.25) is 0 Å². The van der Waals surface area contributed by atoms with Gasteiger partial charge in [-0.3, -0.25) is 9.59 Å². The molecule has 0 saturated carbocycles. The molecule has 96 valence electrons. The van der Waals surface area contributed by atoms with Crippen molar-refractivity contribution in [2.45, 2.75) is 25.0 Å². The quantitative estimate of drug-likeness (QED) is 0.645. The van der Waals surface area contributed by atoms with E-state index in [1.54, 1.807) is 11.9 Å². The molecule has 6 heteroatoms. The average molecular weight is 241 g/mol. The van der Waals surface area contributed by atoms with Crippen LogP contribution in [0.4, 0.5) is 0 Å². The molecule has 2 amide bonds. The van der Waals surface area contributed by atoms with Crippen molar-refractivity contribution in [3.8, 4) is 0 Å². The van der Waals surface area contributed by atoms with Crippen LogP contribution in [0.5, 0.6) is 0 Å². The van der Waals surface area contributed by atoms with Gasteiger partial charge in [-0.2, -0.15) is 0 Å². The topological polar surface area (TPSA) is 70.7 Å². The molecule has 2 saturated heterocycles. The largest absolute Gasteiger partial charge is 0.375 e. The van der Waals surface area contributed by atoms with Gasteiger partial charge >= 0.3 is 0 Å². The average Bonchev–Trinajstić information content (AvgIpc) is 2.62. The number of likely N-dealkylation sites (tertiary alicyclic amines) is 1. The van der Waals surface area contributed by atoms with Gasteiger partial charge in [-0.05, 0) is 6.42 Å². The Hall–Kier alpha value is -1.14. The van der Waals surface area contributed by atoms with Crippen molar-refractivity contribution in [2.75, 3.05) is 33.3 Å². The lowest BCUT2D eigenvalue weighted by Gasteiger charge is -2.23. The van der Waals surface area contributed by atoms with E-state index in [0.717, 1.165) is 6.54 Å². The fourth-order valence-corrected chi connectivity index (χ4v) is 2.17. The molecule has 0 aromatic rings. The van der Waals surface area contributed by atoms with Crippen LogP contribution in [0.1, 0.15) is 12.8 Å². The molecule has 2 aliphatic heterocycles. The monoisotopic (exact) mass is 241 g/mol. The number of nitrogens with one attached hydrogen (secondary N) is 2. The molecule has 0 spiro atoms. The smallest absolute Gasteiger partial charge is 0.244 e. The predicted molar refractivity (Wildman–Crippen MR) is 61.4 cm³/mol. The highest BCUT2D eigenvalue weighted by atomic mass is 16.5. The minimum absolute atomic E-state index is 0.000961. The molecule has 2 rings (SSSR count). The molecule has 0 radical (unpaired) electrons. The second-order valence-electron chi connectivity index (χ2n) is 4.57. The van der Waals surface area contributed by atoms with Crippen molar-refractivity contribution in [2.24, 2.45) is 0 Å². The Labute approximate surface area is 101 Å². The zero-order valence-electron chi connectivity index (χ0n) is 10.1. The van der Waals surface area contributed by atoms with E-state index in [9.17, 15) is 9.59 Å². The number of morpholine rings is 1. The standard InChI is InChI=1S/C11H19N3O3/c1-14-4-2-9(11(14)16)13-10(15)6-8-7-12-3-5-17-8/h8-9,12H,2-7H2,1H3,(H,13,15). The first kappa shape index (κ1) is 12.3. The van der Waals surface area contributed by atoms with E-state index < -0.39 is 0 Å². The van der Waals surface area contributed by atoms with Crippen molar-refractivity contribution in [3.05, 3.63) is 0 Å². The first-order valence-corrected chi connectivity index (χ1v) is 6.03. The lowest BCUT2D eigenvalue weighted by atomic mass is 10.2. The van der Waals surface area contributed by atoms with Crippen LogP contribution < -0.4 is 10.6 Å². The Balaban J connectivity index is 1.75. The summed E-state index contributed by atoms with van der Waals surface area (Å²) in [6, 6.07) is -0.343. The molecule has 0 bridgehead atoms. The highest BCUT2D eigenvalue weighted by molar-refractivity contribution is 5.89. The fourth-order valence-electron chi connectivity index (χ4n) is 2.17. The van der Waals surface area contributed by atoms with Gasteiger partial charge in [0.25, 0.3) is 0 Å². The van der Waals surface area contributed by atoms with Gasteiger partial charge in [0.05, 0.1) is 19.1 Å². The van der Waals surface area contributed by atoms with E-state index in [0.29, 0.717) is 32.5 Å². The second kappa shape index (κ2) is 5.46. The highest BCUT2D eigenvalue weighted by Gasteiger charge is 2.30. The molecule has 0 aromatic heterocycles. The molecule has 2 atom stereocenters. The molecule has 0 aromatic carbocycles. The maximum atomic E-state index is 11.7. The third-order valence-electron chi connectivity index (χ3n) is 3.18. The Morgan fingerprint density at radius 2 is 2.47 bits per heavy atom. The summed E-state index contributed by atoms with van der Waals surface area (Å²) in [7, 11) is 1.75. The van der Waals surface area contributed by atoms with Crippen LogP contribution in [0, 0.1) is 0 Å².